The topological polar surface area (TPSA) is 104 Å². The van der Waals surface area contributed by atoms with Crippen LogP contribution in [0.1, 0.15) is 63.0 Å². The van der Waals surface area contributed by atoms with E-state index in [2.05, 4.69) is 15.5 Å². The summed E-state index contributed by atoms with van der Waals surface area (Å²) in [6, 6.07) is 15.2. The number of hydrogen-bond acceptors (Lipinski definition) is 6. The predicted octanol–water partition coefficient (Wildman–Crippen LogP) is 3.32. The lowest BCUT2D eigenvalue weighted by Gasteiger charge is -2.37. The van der Waals surface area contributed by atoms with E-state index in [-0.39, 0.29) is 30.0 Å². The lowest BCUT2D eigenvalue weighted by atomic mass is 9.98. The number of likely N-dealkylation sites (N-methyl/N-ethyl adjacent to an activating group) is 2. The van der Waals surface area contributed by atoms with Gasteiger partial charge < -0.3 is 24.0 Å². The first-order valence-corrected chi connectivity index (χ1v) is 16.1. The highest BCUT2D eigenvalue weighted by Crippen LogP contribution is 2.35. The minimum atomic E-state index is -0.326. The van der Waals surface area contributed by atoms with E-state index in [0.717, 1.165) is 43.4 Å². The normalized spacial score (nSPS) is 18.6. The minimum absolute atomic E-state index is 0.0576. The molecule has 0 radical (unpaired) electrons. The Balaban J connectivity index is 1.19. The number of nitrogens with zero attached hydrogens (tertiary/aromatic N) is 6. The summed E-state index contributed by atoms with van der Waals surface area (Å²) in [6.07, 6.45) is 6.34. The summed E-state index contributed by atoms with van der Waals surface area (Å²) in [5.41, 5.74) is 7.81. The zero-order valence-corrected chi connectivity index (χ0v) is 26.7. The maximum Gasteiger partial charge on any atom is 0.274 e. The maximum absolute atomic E-state index is 13.8. The molecule has 238 valence electrons. The van der Waals surface area contributed by atoms with Gasteiger partial charge in [0, 0.05) is 69.7 Å². The van der Waals surface area contributed by atoms with Crippen LogP contribution in [0.4, 0.5) is 5.69 Å². The first-order valence-electron chi connectivity index (χ1n) is 16.1. The van der Waals surface area contributed by atoms with Crippen molar-refractivity contribution in [1.82, 2.24) is 23.9 Å². The number of piperazine rings is 1. The van der Waals surface area contributed by atoms with Gasteiger partial charge in [-0.1, -0.05) is 36.4 Å². The van der Waals surface area contributed by atoms with Crippen molar-refractivity contribution >= 4 is 17.5 Å². The smallest absolute Gasteiger partial charge is 0.274 e. The van der Waals surface area contributed by atoms with Crippen LogP contribution in [0.15, 0.2) is 59.5 Å². The molecule has 7 rings (SSSR count). The van der Waals surface area contributed by atoms with Crippen molar-refractivity contribution < 1.29 is 14.7 Å². The number of aromatic nitrogens is 3. The summed E-state index contributed by atoms with van der Waals surface area (Å²) in [5.74, 6) is 0.0174. The number of amides is 2. The number of aliphatic hydroxyl groups excluding tert-OH is 1. The molecule has 46 heavy (non-hydrogen) atoms. The van der Waals surface area contributed by atoms with Crippen molar-refractivity contribution in [1.29, 1.82) is 0 Å². The fourth-order valence-corrected chi connectivity index (χ4v) is 7.37. The van der Waals surface area contributed by atoms with Gasteiger partial charge in [-0.3, -0.25) is 19.3 Å². The SMILES string of the molecule is CN1CCN(C)C(c2ccc(Cc3nc(-c4cccc(N5CCn6c(cc7c6CCCC7)C5=O)c4CO)cn(C)c3=O)cc2)C1=O. The highest BCUT2D eigenvalue weighted by atomic mass is 16.3. The molecule has 1 atom stereocenters. The molecule has 2 amide bonds. The molecule has 1 saturated heterocycles. The maximum atomic E-state index is 13.8. The number of hydrogen-bond donors (Lipinski definition) is 1. The van der Waals surface area contributed by atoms with Gasteiger partial charge in [-0.2, -0.15) is 0 Å². The molecular weight excluding hydrogens is 580 g/mol. The molecule has 10 nitrogen and oxygen atoms in total. The van der Waals surface area contributed by atoms with Crippen molar-refractivity contribution in [2.45, 2.75) is 51.3 Å². The number of rotatable bonds is 6. The van der Waals surface area contributed by atoms with Gasteiger partial charge in [-0.05, 0) is 61.6 Å². The summed E-state index contributed by atoms with van der Waals surface area (Å²) in [7, 11) is 5.50. The van der Waals surface area contributed by atoms with Gasteiger partial charge in [-0.15, -0.1) is 0 Å². The molecule has 0 spiro atoms. The Morgan fingerprint density at radius 2 is 1.70 bits per heavy atom. The van der Waals surface area contributed by atoms with Crippen LogP contribution in [0, 0.1) is 0 Å². The van der Waals surface area contributed by atoms with Gasteiger partial charge in [0.05, 0.1) is 18.0 Å². The predicted molar refractivity (Wildman–Crippen MR) is 176 cm³/mol. The standard InChI is InChI=1S/C36H40N6O4/c1-38-15-16-39(2)36(46)33(38)24-13-11-23(12-14-24)19-28-34(44)40(3)21-29(37-28)26-8-6-10-31(27(26)22-43)42-18-17-41-30-9-5-4-7-25(30)20-32(41)35(42)45/h6,8,10-14,20-21,33,43H,4-5,7,9,15-19,22H2,1-3H3. The van der Waals surface area contributed by atoms with Gasteiger partial charge in [-0.25, -0.2) is 4.98 Å². The molecule has 2 aromatic carbocycles. The summed E-state index contributed by atoms with van der Waals surface area (Å²) in [6.45, 7) is 2.47. The fourth-order valence-electron chi connectivity index (χ4n) is 7.37. The number of aliphatic hydroxyl groups is 1. The van der Waals surface area contributed by atoms with Crippen LogP contribution < -0.4 is 10.5 Å². The lowest BCUT2D eigenvalue weighted by molar-refractivity contribution is -0.139. The largest absolute Gasteiger partial charge is 0.392 e. The second-order valence-electron chi connectivity index (χ2n) is 12.8. The first-order chi connectivity index (χ1) is 22.2. The van der Waals surface area contributed by atoms with Gasteiger partial charge in [0.15, 0.2) is 0 Å². The van der Waals surface area contributed by atoms with Crippen LogP contribution in [-0.2, 0) is 44.3 Å². The molecule has 2 aliphatic heterocycles. The van der Waals surface area contributed by atoms with Crippen molar-refractivity contribution in [3.63, 3.8) is 0 Å². The lowest BCUT2D eigenvalue weighted by Crippen LogP contribution is -2.48. The Labute approximate surface area is 268 Å². The third-order valence-corrected chi connectivity index (χ3v) is 9.94. The molecular formula is C36H40N6O4. The van der Waals surface area contributed by atoms with Crippen LogP contribution in [0.25, 0.3) is 11.3 Å². The average Bonchev–Trinajstić information content (AvgIpc) is 3.45. The molecule has 10 heteroatoms. The van der Waals surface area contributed by atoms with Crippen molar-refractivity contribution in [3.8, 4) is 11.3 Å². The third-order valence-electron chi connectivity index (χ3n) is 9.94. The third kappa shape index (κ3) is 5.15. The number of aryl methyl sites for hydroxylation is 2. The van der Waals surface area contributed by atoms with Crippen LogP contribution in [0.2, 0.25) is 0 Å². The zero-order chi connectivity index (χ0) is 32.1. The molecule has 1 N–H and O–H groups in total. The first kappa shape index (κ1) is 30.1. The van der Waals surface area contributed by atoms with E-state index in [4.69, 9.17) is 4.98 Å². The molecule has 2 aromatic heterocycles. The number of carbonyl (C=O) groups excluding carboxylic acids is 2. The van der Waals surface area contributed by atoms with E-state index in [0.29, 0.717) is 60.0 Å². The Hall–Kier alpha value is -4.54. The van der Waals surface area contributed by atoms with E-state index in [1.54, 1.807) is 23.0 Å². The van der Waals surface area contributed by atoms with Crippen molar-refractivity contribution in [3.05, 3.63) is 104 Å². The summed E-state index contributed by atoms with van der Waals surface area (Å²) < 4.78 is 3.71. The average molecular weight is 621 g/mol. The van der Waals surface area contributed by atoms with Crippen LogP contribution >= 0.6 is 0 Å². The molecule has 4 heterocycles. The van der Waals surface area contributed by atoms with E-state index in [1.165, 1.54) is 15.8 Å². The van der Waals surface area contributed by atoms with E-state index in [1.807, 2.05) is 56.6 Å². The fraction of sp³-hybridized carbons (Fsp3) is 0.389. The highest BCUT2D eigenvalue weighted by molar-refractivity contribution is 6.07. The summed E-state index contributed by atoms with van der Waals surface area (Å²) >= 11 is 0. The monoisotopic (exact) mass is 620 g/mol. The highest BCUT2D eigenvalue weighted by Gasteiger charge is 2.33. The molecule has 1 unspecified atom stereocenters. The zero-order valence-electron chi connectivity index (χ0n) is 26.7. The summed E-state index contributed by atoms with van der Waals surface area (Å²) in [5, 5.41) is 10.7. The van der Waals surface area contributed by atoms with E-state index < -0.39 is 0 Å². The van der Waals surface area contributed by atoms with Crippen molar-refractivity contribution in [2.75, 3.05) is 38.6 Å². The molecule has 0 saturated carbocycles. The Bertz CT molecular complexity index is 1890. The van der Waals surface area contributed by atoms with Crippen LogP contribution in [0.3, 0.4) is 0 Å². The Morgan fingerprint density at radius 1 is 0.913 bits per heavy atom. The van der Waals surface area contributed by atoms with E-state index in [9.17, 15) is 19.5 Å². The van der Waals surface area contributed by atoms with Crippen molar-refractivity contribution in [2.24, 2.45) is 7.05 Å². The number of fused-ring (bicyclic) bond motifs is 3. The quantitative estimate of drug-likeness (QED) is 0.355. The second kappa shape index (κ2) is 12.0. The second-order valence-corrected chi connectivity index (χ2v) is 12.8. The van der Waals surface area contributed by atoms with E-state index >= 15 is 0 Å². The van der Waals surface area contributed by atoms with Gasteiger partial charge in [0.25, 0.3) is 11.5 Å². The van der Waals surface area contributed by atoms with Gasteiger partial charge in [0.2, 0.25) is 5.91 Å². The molecule has 1 aliphatic carbocycles. The minimum Gasteiger partial charge on any atom is -0.392 e. The summed E-state index contributed by atoms with van der Waals surface area (Å²) in [4.78, 5) is 50.3. The Morgan fingerprint density at radius 3 is 2.48 bits per heavy atom. The molecule has 1 fully saturated rings. The Kier molecular flexibility index (Phi) is 7.86. The van der Waals surface area contributed by atoms with Crippen LogP contribution in [-0.4, -0.2) is 74.6 Å². The number of carbonyl (C=O) groups is 2. The molecule has 4 aromatic rings. The van der Waals surface area contributed by atoms with Crippen LogP contribution in [0.5, 0.6) is 0 Å². The van der Waals surface area contributed by atoms with Gasteiger partial charge in [0.1, 0.15) is 17.4 Å². The van der Waals surface area contributed by atoms with Gasteiger partial charge >= 0.3 is 0 Å². The number of anilines is 1. The molecule has 3 aliphatic rings. The number of benzene rings is 2. The molecule has 0 bridgehead atoms.